The third-order valence-electron chi connectivity index (χ3n) is 4.12. The Labute approximate surface area is 117 Å². The molecule has 2 aliphatic rings. The molecule has 0 aromatic carbocycles. The zero-order valence-electron chi connectivity index (χ0n) is 11.5. The van der Waals surface area contributed by atoms with E-state index in [9.17, 15) is 9.59 Å². The topological polar surface area (TPSA) is 73.2 Å². The fourth-order valence-corrected chi connectivity index (χ4v) is 2.85. The number of carbonyl (C=O) groups is 1. The maximum absolute atomic E-state index is 12.3. The second kappa shape index (κ2) is 5.26. The lowest BCUT2D eigenvalue weighted by atomic mass is 10.1. The van der Waals surface area contributed by atoms with Gasteiger partial charge >= 0.3 is 5.97 Å². The van der Waals surface area contributed by atoms with Crippen molar-refractivity contribution in [1.29, 1.82) is 0 Å². The van der Waals surface area contributed by atoms with Crippen LogP contribution in [0, 0.1) is 5.92 Å². The molecule has 2 fully saturated rings. The number of nitrogens with one attached hydrogen (secondary N) is 1. The molecular weight excluding hydrogens is 258 g/mol. The number of rotatable bonds is 4. The van der Waals surface area contributed by atoms with Gasteiger partial charge in [0.1, 0.15) is 0 Å². The second-order valence-corrected chi connectivity index (χ2v) is 5.59. The molecule has 0 amide bonds. The Morgan fingerprint density at radius 3 is 2.90 bits per heavy atom. The first kappa shape index (κ1) is 13.1. The van der Waals surface area contributed by atoms with Gasteiger partial charge in [-0.05, 0) is 32.1 Å². The van der Waals surface area contributed by atoms with Gasteiger partial charge in [-0.2, -0.15) is 0 Å². The van der Waals surface area contributed by atoms with E-state index in [1.54, 1.807) is 17.0 Å². The number of methoxy groups -OCH3 is 1. The Morgan fingerprint density at radius 2 is 2.20 bits per heavy atom. The van der Waals surface area contributed by atoms with Crippen LogP contribution < -0.4 is 10.9 Å². The highest BCUT2D eigenvalue weighted by atomic mass is 16.5. The molecule has 2 aliphatic carbocycles. The highest BCUT2D eigenvalue weighted by Crippen LogP contribution is 2.33. The van der Waals surface area contributed by atoms with Gasteiger partial charge < -0.3 is 14.6 Å². The van der Waals surface area contributed by atoms with Crippen molar-refractivity contribution >= 4 is 11.8 Å². The molecule has 0 spiro atoms. The summed E-state index contributed by atoms with van der Waals surface area (Å²) in [5.74, 6) is 0.174. The molecule has 1 aromatic rings. The van der Waals surface area contributed by atoms with Crippen LogP contribution in [0.25, 0.3) is 0 Å². The normalized spacial score (nSPS) is 25.4. The zero-order chi connectivity index (χ0) is 14.1. The van der Waals surface area contributed by atoms with Gasteiger partial charge in [0, 0.05) is 24.5 Å². The van der Waals surface area contributed by atoms with Crippen LogP contribution in [0.1, 0.15) is 38.1 Å². The molecule has 0 radical (unpaired) electrons. The van der Waals surface area contributed by atoms with Crippen LogP contribution in [0.4, 0.5) is 5.82 Å². The van der Waals surface area contributed by atoms with Gasteiger partial charge in [0.25, 0.3) is 5.56 Å². The first-order valence-corrected chi connectivity index (χ1v) is 7.10. The summed E-state index contributed by atoms with van der Waals surface area (Å²) >= 11 is 0. The van der Waals surface area contributed by atoms with E-state index in [-0.39, 0.29) is 23.5 Å². The van der Waals surface area contributed by atoms with Crippen molar-refractivity contribution in [1.82, 2.24) is 9.55 Å². The number of esters is 1. The summed E-state index contributed by atoms with van der Waals surface area (Å²) in [5, 5.41) is 3.19. The summed E-state index contributed by atoms with van der Waals surface area (Å²) in [6.07, 6.45) is 7.90. The summed E-state index contributed by atoms with van der Waals surface area (Å²) in [4.78, 5) is 27.9. The molecule has 0 saturated heterocycles. The molecular formula is C14H19N3O3. The largest absolute Gasteiger partial charge is 0.469 e. The van der Waals surface area contributed by atoms with Gasteiger partial charge in [0.15, 0.2) is 5.82 Å². The average molecular weight is 277 g/mol. The zero-order valence-corrected chi connectivity index (χ0v) is 11.5. The Balaban J connectivity index is 1.68. The molecule has 20 heavy (non-hydrogen) atoms. The Hall–Kier alpha value is -1.85. The molecule has 6 nitrogen and oxygen atoms in total. The van der Waals surface area contributed by atoms with E-state index in [4.69, 9.17) is 4.74 Å². The van der Waals surface area contributed by atoms with E-state index < -0.39 is 0 Å². The summed E-state index contributed by atoms with van der Waals surface area (Å²) in [5.41, 5.74) is -0.0588. The first-order valence-electron chi connectivity index (χ1n) is 7.10. The summed E-state index contributed by atoms with van der Waals surface area (Å²) in [6, 6.07) is 0.465. The fraction of sp³-hybridized carbons (Fsp3) is 0.643. The molecule has 1 heterocycles. The molecule has 2 atom stereocenters. The Kier molecular flexibility index (Phi) is 3.46. The summed E-state index contributed by atoms with van der Waals surface area (Å²) in [7, 11) is 1.41. The number of aromatic nitrogens is 2. The minimum Gasteiger partial charge on any atom is -0.469 e. The predicted molar refractivity (Wildman–Crippen MR) is 73.5 cm³/mol. The monoisotopic (exact) mass is 277 g/mol. The lowest BCUT2D eigenvalue weighted by Crippen LogP contribution is -2.28. The summed E-state index contributed by atoms with van der Waals surface area (Å²) < 4.78 is 6.52. The van der Waals surface area contributed by atoms with Gasteiger partial charge in [0.05, 0.1) is 13.0 Å². The van der Waals surface area contributed by atoms with Gasteiger partial charge in [-0.25, -0.2) is 4.98 Å². The standard InChI is InChI=1S/C14H19N3O3/c1-20-14(19)9-2-3-10(8-9)16-12-13(18)17(7-6-15-12)11-4-5-11/h6-7,9-11H,2-5,8H2,1H3,(H,15,16)/t9-,10+/m0/s1. The lowest BCUT2D eigenvalue weighted by molar-refractivity contribution is -0.145. The van der Waals surface area contributed by atoms with Crippen LogP contribution in [-0.4, -0.2) is 28.7 Å². The van der Waals surface area contributed by atoms with Crippen molar-refractivity contribution < 1.29 is 9.53 Å². The fourth-order valence-electron chi connectivity index (χ4n) is 2.85. The average Bonchev–Trinajstić information content (AvgIpc) is 3.19. The molecule has 2 saturated carbocycles. The highest BCUT2D eigenvalue weighted by Gasteiger charge is 2.31. The van der Waals surface area contributed by atoms with E-state index >= 15 is 0 Å². The molecule has 0 aliphatic heterocycles. The van der Waals surface area contributed by atoms with Crippen LogP contribution in [0.5, 0.6) is 0 Å². The first-order chi connectivity index (χ1) is 9.69. The van der Waals surface area contributed by atoms with Crippen molar-refractivity contribution in [3.05, 3.63) is 22.7 Å². The van der Waals surface area contributed by atoms with Crippen molar-refractivity contribution in [2.75, 3.05) is 12.4 Å². The van der Waals surface area contributed by atoms with E-state index in [0.29, 0.717) is 18.3 Å². The molecule has 0 unspecified atom stereocenters. The van der Waals surface area contributed by atoms with Crippen molar-refractivity contribution in [3.8, 4) is 0 Å². The highest BCUT2D eigenvalue weighted by molar-refractivity contribution is 5.72. The predicted octanol–water partition coefficient (Wildman–Crippen LogP) is 1.33. The number of carbonyl (C=O) groups excluding carboxylic acids is 1. The van der Waals surface area contributed by atoms with Crippen LogP contribution in [0.15, 0.2) is 17.2 Å². The third kappa shape index (κ3) is 2.55. The Bertz CT molecular complexity index is 565. The smallest absolute Gasteiger partial charge is 0.308 e. The number of ether oxygens (including phenoxy) is 1. The molecule has 108 valence electrons. The van der Waals surface area contributed by atoms with Crippen molar-refractivity contribution in [3.63, 3.8) is 0 Å². The third-order valence-corrected chi connectivity index (χ3v) is 4.12. The van der Waals surface area contributed by atoms with E-state index in [2.05, 4.69) is 10.3 Å². The van der Waals surface area contributed by atoms with E-state index in [1.165, 1.54) is 7.11 Å². The maximum Gasteiger partial charge on any atom is 0.308 e. The number of hydrogen-bond acceptors (Lipinski definition) is 5. The van der Waals surface area contributed by atoms with Gasteiger partial charge in [-0.3, -0.25) is 9.59 Å². The minimum absolute atomic E-state index is 0.0588. The molecule has 0 bridgehead atoms. The number of hydrogen-bond donors (Lipinski definition) is 1. The van der Waals surface area contributed by atoms with E-state index in [0.717, 1.165) is 25.7 Å². The van der Waals surface area contributed by atoms with Crippen LogP contribution >= 0.6 is 0 Å². The van der Waals surface area contributed by atoms with Crippen molar-refractivity contribution in [2.24, 2.45) is 5.92 Å². The SMILES string of the molecule is COC(=O)[C@H]1CC[C@@H](Nc2nccn(C3CC3)c2=O)C1. The Morgan fingerprint density at radius 1 is 1.40 bits per heavy atom. The maximum atomic E-state index is 12.3. The van der Waals surface area contributed by atoms with Crippen LogP contribution in [0.2, 0.25) is 0 Å². The van der Waals surface area contributed by atoms with Crippen LogP contribution in [0.3, 0.4) is 0 Å². The van der Waals surface area contributed by atoms with E-state index in [1.807, 2.05) is 0 Å². The molecule has 1 N–H and O–H groups in total. The molecule has 3 rings (SSSR count). The van der Waals surface area contributed by atoms with Crippen LogP contribution in [-0.2, 0) is 9.53 Å². The lowest BCUT2D eigenvalue weighted by Gasteiger charge is -2.14. The van der Waals surface area contributed by atoms with Gasteiger partial charge in [-0.15, -0.1) is 0 Å². The molecule has 6 heteroatoms. The molecule has 1 aromatic heterocycles. The minimum atomic E-state index is -0.161. The van der Waals surface area contributed by atoms with Crippen molar-refractivity contribution in [2.45, 2.75) is 44.2 Å². The summed E-state index contributed by atoms with van der Waals surface area (Å²) in [6.45, 7) is 0. The quantitative estimate of drug-likeness (QED) is 0.841. The number of nitrogens with zero attached hydrogens (tertiary/aromatic N) is 2. The second-order valence-electron chi connectivity index (χ2n) is 5.59. The van der Waals surface area contributed by atoms with Gasteiger partial charge in [-0.1, -0.05) is 0 Å². The van der Waals surface area contributed by atoms with Gasteiger partial charge in [0.2, 0.25) is 0 Å². The number of anilines is 1.